The summed E-state index contributed by atoms with van der Waals surface area (Å²) in [5.74, 6) is -1.09. The lowest BCUT2D eigenvalue weighted by Gasteiger charge is -2.13. The summed E-state index contributed by atoms with van der Waals surface area (Å²) < 4.78 is 66.6. The lowest BCUT2D eigenvalue weighted by Crippen LogP contribution is -2.18. The Morgan fingerprint density at radius 3 is 2.39 bits per heavy atom. The van der Waals surface area contributed by atoms with E-state index < -0.39 is 26.2 Å². The summed E-state index contributed by atoms with van der Waals surface area (Å²) in [6.45, 7) is 0. The molecule has 0 spiro atoms. The zero-order chi connectivity index (χ0) is 14.1. The summed E-state index contributed by atoms with van der Waals surface area (Å²) in [6, 6.07) is 0.570. The summed E-state index contributed by atoms with van der Waals surface area (Å²) in [4.78, 5) is 3.46. The molecule has 1 aromatic rings. The molecule has 0 amide bonds. The van der Waals surface area contributed by atoms with Crippen molar-refractivity contribution in [2.45, 2.75) is 11.4 Å². The van der Waals surface area contributed by atoms with Gasteiger partial charge in [0.15, 0.2) is 10.8 Å². The summed E-state index contributed by atoms with van der Waals surface area (Å²) in [5.41, 5.74) is 0. The zero-order valence-electron chi connectivity index (χ0n) is 8.46. The first-order valence-corrected chi connectivity index (χ1v) is 7.38. The highest BCUT2D eigenvalue weighted by Crippen LogP contribution is 2.34. The first-order chi connectivity index (χ1) is 8.04. The molecule has 0 aliphatic heterocycles. The van der Waals surface area contributed by atoms with Crippen LogP contribution in [0.3, 0.4) is 0 Å². The van der Waals surface area contributed by atoms with Crippen LogP contribution in [0.4, 0.5) is 13.2 Å². The zero-order valence-corrected chi connectivity index (χ0v) is 12.2. The second kappa shape index (κ2) is 5.25. The van der Waals surface area contributed by atoms with Gasteiger partial charge in [-0.1, -0.05) is 0 Å². The maximum Gasteiger partial charge on any atom is 0.573 e. The Hall–Kier alpha value is -0.490. The molecular weight excluding hydrogens is 413 g/mol. The molecule has 0 radical (unpaired) electrons. The van der Waals surface area contributed by atoms with Gasteiger partial charge in [0.25, 0.3) is 9.05 Å². The Morgan fingerprint density at radius 1 is 1.44 bits per heavy atom. The van der Waals surface area contributed by atoms with Crippen molar-refractivity contribution in [2.24, 2.45) is 0 Å². The molecule has 18 heavy (non-hydrogen) atoms. The molecule has 0 aliphatic carbocycles. The average Bonchev–Trinajstić information content (AvgIpc) is 2.17. The fourth-order valence-electron chi connectivity index (χ4n) is 0.921. The van der Waals surface area contributed by atoms with Gasteiger partial charge >= 0.3 is 6.36 Å². The van der Waals surface area contributed by atoms with Crippen LogP contribution in [0.5, 0.6) is 11.6 Å². The Kier molecular flexibility index (Phi) is 4.54. The Balaban J connectivity index is 3.42. The third-order valence-corrected chi connectivity index (χ3v) is 3.72. The normalized spacial score (nSPS) is 12.3. The topological polar surface area (TPSA) is 65.5 Å². The van der Waals surface area contributed by atoms with Gasteiger partial charge in [0, 0.05) is 16.7 Å². The van der Waals surface area contributed by atoms with Crippen molar-refractivity contribution in [3.8, 4) is 11.6 Å². The van der Waals surface area contributed by atoms with Crippen LogP contribution in [0.15, 0.2) is 11.1 Å². The molecule has 0 saturated carbocycles. The van der Waals surface area contributed by atoms with Gasteiger partial charge in [0.1, 0.15) is 3.57 Å². The smallest absolute Gasteiger partial charge is 0.480 e. The molecule has 1 rings (SSSR count). The minimum atomic E-state index is -4.97. The highest BCUT2D eigenvalue weighted by molar-refractivity contribution is 14.1. The molecule has 1 heterocycles. The Labute approximate surface area is 118 Å². The van der Waals surface area contributed by atoms with Gasteiger partial charge < -0.3 is 9.47 Å². The standard InChI is InChI=1S/C7H4ClF3INO4S/c1-16-6-5(12)3(17-7(9,10)11)2-4(13-6)18(8,14)15/h2H,1H3. The van der Waals surface area contributed by atoms with Crippen molar-refractivity contribution >= 4 is 42.3 Å². The highest BCUT2D eigenvalue weighted by Gasteiger charge is 2.33. The van der Waals surface area contributed by atoms with Crippen molar-refractivity contribution in [1.29, 1.82) is 0 Å². The Bertz CT molecular complexity index is 563. The van der Waals surface area contributed by atoms with Crippen LogP contribution in [0.2, 0.25) is 0 Å². The lowest BCUT2D eigenvalue weighted by molar-refractivity contribution is -0.275. The summed E-state index contributed by atoms with van der Waals surface area (Å²) in [6.07, 6.45) is -4.97. The molecule has 5 nitrogen and oxygen atoms in total. The number of pyridine rings is 1. The molecule has 0 atom stereocenters. The molecule has 102 valence electrons. The molecular formula is C7H4ClF3INO4S. The van der Waals surface area contributed by atoms with Crippen molar-refractivity contribution in [3.05, 3.63) is 9.64 Å². The highest BCUT2D eigenvalue weighted by atomic mass is 127. The molecule has 11 heteroatoms. The fourth-order valence-corrected chi connectivity index (χ4v) is 2.20. The molecule has 0 fully saturated rings. The van der Waals surface area contributed by atoms with E-state index in [1.165, 1.54) is 22.6 Å². The van der Waals surface area contributed by atoms with E-state index >= 15 is 0 Å². The second-order valence-electron chi connectivity index (χ2n) is 2.77. The quantitative estimate of drug-likeness (QED) is 0.559. The number of aromatic nitrogens is 1. The van der Waals surface area contributed by atoms with Gasteiger partial charge in [-0.25, -0.2) is 8.42 Å². The largest absolute Gasteiger partial charge is 0.573 e. The molecule has 0 unspecified atom stereocenters. The van der Waals surface area contributed by atoms with Crippen LogP contribution in [-0.2, 0) is 9.05 Å². The molecule has 0 saturated heterocycles. The van der Waals surface area contributed by atoms with Crippen molar-refractivity contribution in [2.75, 3.05) is 7.11 Å². The van der Waals surface area contributed by atoms with E-state index in [0.29, 0.717) is 6.07 Å². The number of hydrogen-bond acceptors (Lipinski definition) is 5. The number of nitrogens with zero attached hydrogens (tertiary/aromatic N) is 1. The first kappa shape index (κ1) is 15.6. The maximum atomic E-state index is 12.1. The van der Waals surface area contributed by atoms with Crippen LogP contribution in [-0.4, -0.2) is 26.9 Å². The number of halogens is 5. The second-order valence-corrected chi connectivity index (χ2v) is 6.36. The monoisotopic (exact) mass is 417 g/mol. The van der Waals surface area contributed by atoms with E-state index in [0.717, 1.165) is 7.11 Å². The van der Waals surface area contributed by atoms with E-state index in [2.05, 4.69) is 14.5 Å². The van der Waals surface area contributed by atoms with Crippen LogP contribution in [0.1, 0.15) is 0 Å². The van der Waals surface area contributed by atoms with Gasteiger partial charge in [-0.15, -0.1) is 13.2 Å². The number of hydrogen-bond donors (Lipinski definition) is 0. The van der Waals surface area contributed by atoms with Crippen LogP contribution in [0, 0.1) is 3.57 Å². The third kappa shape index (κ3) is 4.02. The van der Waals surface area contributed by atoms with Gasteiger partial charge in [-0.3, -0.25) is 0 Å². The van der Waals surface area contributed by atoms with Gasteiger partial charge in [0.05, 0.1) is 7.11 Å². The molecule has 0 N–H and O–H groups in total. The number of rotatable bonds is 3. The molecule has 1 aromatic heterocycles. The van der Waals surface area contributed by atoms with Gasteiger partial charge in [-0.05, 0) is 22.6 Å². The minimum absolute atomic E-state index is 0.128. The Morgan fingerprint density at radius 2 is 2.00 bits per heavy atom. The molecule has 0 aliphatic rings. The van der Waals surface area contributed by atoms with E-state index in [1.807, 2.05) is 0 Å². The van der Waals surface area contributed by atoms with Crippen LogP contribution in [0.25, 0.3) is 0 Å². The van der Waals surface area contributed by atoms with Crippen LogP contribution >= 0.6 is 33.3 Å². The number of methoxy groups -OCH3 is 1. The summed E-state index contributed by atoms with van der Waals surface area (Å²) >= 11 is 1.48. The number of ether oxygens (including phenoxy) is 2. The van der Waals surface area contributed by atoms with E-state index in [4.69, 9.17) is 10.7 Å². The SMILES string of the molecule is COc1nc(S(=O)(=O)Cl)cc(OC(F)(F)F)c1I. The van der Waals surface area contributed by atoms with Crippen molar-refractivity contribution in [1.82, 2.24) is 4.98 Å². The third-order valence-electron chi connectivity index (χ3n) is 1.54. The number of alkyl halides is 3. The van der Waals surface area contributed by atoms with Crippen molar-refractivity contribution in [3.63, 3.8) is 0 Å². The first-order valence-electron chi connectivity index (χ1n) is 3.99. The molecule has 0 aromatic carbocycles. The van der Waals surface area contributed by atoms with Crippen molar-refractivity contribution < 1.29 is 31.1 Å². The van der Waals surface area contributed by atoms with Gasteiger partial charge in [-0.2, -0.15) is 4.98 Å². The molecule has 0 bridgehead atoms. The van der Waals surface area contributed by atoms with E-state index in [9.17, 15) is 21.6 Å². The average molecular weight is 418 g/mol. The minimum Gasteiger partial charge on any atom is -0.480 e. The summed E-state index contributed by atoms with van der Waals surface area (Å²) in [5, 5.41) is -0.791. The van der Waals surface area contributed by atoms with Crippen LogP contribution < -0.4 is 9.47 Å². The van der Waals surface area contributed by atoms with Gasteiger partial charge in [0.2, 0.25) is 5.88 Å². The predicted octanol–water partition coefficient (Wildman–Crippen LogP) is 2.52. The maximum absolute atomic E-state index is 12.1. The summed E-state index contributed by atoms with van der Waals surface area (Å²) in [7, 11) is 1.82. The van der Waals surface area contributed by atoms with E-state index in [1.54, 1.807) is 0 Å². The fraction of sp³-hybridized carbons (Fsp3) is 0.286. The predicted molar refractivity (Wildman–Crippen MR) is 63.2 cm³/mol. The lowest BCUT2D eigenvalue weighted by atomic mass is 10.4. The van der Waals surface area contributed by atoms with E-state index in [-0.39, 0.29) is 9.45 Å².